The Hall–Kier alpha value is -3.60. The van der Waals surface area contributed by atoms with Gasteiger partial charge in [0.2, 0.25) is 5.91 Å². The van der Waals surface area contributed by atoms with Crippen molar-refractivity contribution in [3.05, 3.63) is 100 Å². The van der Waals surface area contributed by atoms with Crippen LogP contribution in [0.3, 0.4) is 0 Å². The Morgan fingerprint density at radius 2 is 1.73 bits per heavy atom. The van der Waals surface area contributed by atoms with Crippen molar-refractivity contribution in [1.29, 1.82) is 0 Å². The molecule has 1 amide bonds. The van der Waals surface area contributed by atoms with E-state index in [2.05, 4.69) is 51.1 Å². The van der Waals surface area contributed by atoms with Crippen molar-refractivity contribution in [3.8, 4) is 5.75 Å². The van der Waals surface area contributed by atoms with E-state index < -0.39 is 5.97 Å². The summed E-state index contributed by atoms with van der Waals surface area (Å²) < 4.78 is 6.36. The van der Waals surface area contributed by atoms with E-state index in [0.29, 0.717) is 18.9 Å². The van der Waals surface area contributed by atoms with Gasteiger partial charge >= 0.3 is 5.97 Å². The van der Waals surface area contributed by atoms with Gasteiger partial charge in [-0.25, -0.2) is 0 Å². The first-order valence-corrected chi connectivity index (χ1v) is 13.0. The number of fused-ring (bicyclic) bond motifs is 1. The SMILES string of the molecule is Cc1cccc(CCN(CC(=O)O)C(=O)Cc2ccc3c(c2)CC(C)(Cc2ccc(C(C)C)cc2)O3)c1. The van der Waals surface area contributed by atoms with Gasteiger partial charge in [0, 0.05) is 19.4 Å². The van der Waals surface area contributed by atoms with Gasteiger partial charge in [-0.15, -0.1) is 0 Å². The van der Waals surface area contributed by atoms with Gasteiger partial charge in [0.15, 0.2) is 0 Å². The molecular formula is C32H37NO4. The number of benzene rings is 3. The Morgan fingerprint density at radius 1 is 1.00 bits per heavy atom. The van der Waals surface area contributed by atoms with Crippen LogP contribution < -0.4 is 4.74 Å². The number of hydrogen-bond acceptors (Lipinski definition) is 3. The molecule has 1 aliphatic rings. The summed E-state index contributed by atoms with van der Waals surface area (Å²) in [5.74, 6) is 0.185. The van der Waals surface area contributed by atoms with Crippen LogP contribution in [0.15, 0.2) is 66.7 Å². The maximum atomic E-state index is 13.1. The van der Waals surface area contributed by atoms with Crippen LogP contribution in [0.4, 0.5) is 0 Å². The van der Waals surface area contributed by atoms with Gasteiger partial charge in [0.25, 0.3) is 0 Å². The molecule has 1 atom stereocenters. The predicted octanol–water partition coefficient (Wildman–Crippen LogP) is 5.75. The van der Waals surface area contributed by atoms with E-state index in [1.54, 1.807) is 0 Å². The van der Waals surface area contributed by atoms with Crippen molar-refractivity contribution in [2.45, 2.75) is 64.9 Å². The quantitative estimate of drug-likeness (QED) is 0.386. The summed E-state index contributed by atoms with van der Waals surface area (Å²) in [7, 11) is 0. The Bertz CT molecular complexity index is 1260. The minimum absolute atomic E-state index is 0.168. The molecule has 0 bridgehead atoms. The van der Waals surface area contributed by atoms with E-state index in [1.807, 2.05) is 43.3 Å². The predicted molar refractivity (Wildman–Crippen MR) is 146 cm³/mol. The van der Waals surface area contributed by atoms with Gasteiger partial charge < -0.3 is 14.7 Å². The summed E-state index contributed by atoms with van der Waals surface area (Å²) in [6.45, 7) is 8.62. The third kappa shape index (κ3) is 7.00. The lowest BCUT2D eigenvalue weighted by atomic mass is 9.90. The monoisotopic (exact) mass is 499 g/mol. The second-order valence-corrected chi connectivity index (χ2v) is 10.9. The molecule has 5 heteroatoms. The van der Waals surface area contributed by atoms with Gasteiger partial charge in [-0.2, -0.15) is 0 Å². The fraction of sp³-hybridized carbons (Fsp3) is 0.375. The second kappa shape index (κ2) is 11.2. The van der Waals surface area contributed by atoms with Gasteiger partial charge in [0.05, 0.1) is 6.42 Å². The van der Waals surface area contributed by atoms with Crippen molar-refractivity contribution >= 4 is 11.9 Å². The molecule has 0 spiro atoms. The van der Waals surface area contributed by atoms with Gasteiger partial charge in [-0.3, -0.25) is 9.59 Å². The molecule has 1 aliphatic heterocycles. The van der Waals surface area contributed by atoms with Crippen molar-refractivity contribution < 1.29 is 19.4 Å². The smallest absolute Gasteiger partial charge is 0.323 e. The number of hydrogen-bond donors (Lipinski definition) is 1. The molecule has 1 unspecified atom stereocenters. The van der Waals surface area contributed by atoms with E-state index in [-0.39, 0.29) is 24.5 Å². The molecule has 0 radical (unpaired) electrons. The first-order valence-electron chi connectivity index (χ1n) is 13.0. The summed E-state index contributed by atoms with van der Waals surface area (Å²) in [5, 5.41) is 9.38. The van der Waals surface area contributed by atoms with E-state index in [9.17, 15) is 14.7 Å². The molecule has 1 N–H and O–H groups in total. The molecular weight excluding hydrogens is 462 g/mol. The standard InChI is InChI=1S/C32H37NO4/c1-22(2)27-11-8-25(9-12-27)19-32(4)20-28-17-26(10-13-29(28)37-32)18-30(34)33(21-31(35)36)15-14-24-7-5-6-23(3)16-24/h5-13,16-17,22H,14-15,18-21H2,1-4H3,(H,35,36). The first kappa shape index (κ1) is 26.5. The van der Waals surface area contributed by atoms with Crippen LogP contribution in [-0.4, -0.2) is 40.6 Å². The van der Waals surface area contributed by atoms with Crippen molar-refractivity contribution in [2.24, 2.45) is 0 Å². The van der Waals surface area contributed by atoms with E-state index in [0.717, 1.165) is 40.8 Å². The summed E-state index contributed by atoms with van der Waals surface area (Å²) in [6, 6.07) is 22.7. The number of nitrogens with zero attached hydrogens (tertiary/aromatic N) is 1. The third-order valence-corrected chi connectivity index (χ3v) is 7.06. The average Bonchev–Trinajstić information content (AvgIpc) is 3.16. The van der Waals surface area contributed by atoms with Crippen LogP contribution in [0, 0.1) is 6.92 Å². The largest absolute Gasteiger partial charge is 0.487 e. The number of aliphatic carboxylic acids is 1. The van der Waals surface area contributed by atoms with Gasteiger partial charge in [0.1, 0.15) is 17.9 Å². The zero-order valence-corrected chi connectivity index (χ0v) is 22.3. The zero-order chi connectivity index (χ0) is 26.6. The minimum Gasteiger partial charge on any atom is -0.487 e. The molecule has 194 valence electrons. The maximum Gasteiger partial charge on any atom is 0.323 e. The lowest BCUT2D eigenvalue weighted by Crippen LogP contribution is -2.38. The molecule has 1 heterocycles. The summed E-state index contributed by atoms with van der Waals surface area (Å²) in [4.78, 5) is 26.0. The normalized spacial score (nSPS) is 16.4. The van der Waals surface area contributed by atoms with Crippen LogP contribution in [0.2, 0.25) is 0 Å². The summed E-state index contributed by atoms with van der Waals surface area (Å²) >= 11 is 0. The van der Waals surface area contributed by atoms with Crippen LogP contribution in [-0.2, 0) is 35.3 Å². The Balaban J connectivity index is 1.40. The molecule has 5 nitrogen and oxygen atoms in total. The van der Waals surface area contributed by atoms with Gasteiger partial charge in [-0.05, 0) is 60.1 Å². The second-order valence-electron chi connectivity index (χ2n) is 10.9. The highest BCUT2D eigenvalue weighted by molar-refractivity contribution is 5.83. The highest BCUT2D eigenvalue weighted by Crippen LogP contribution is 2.37. The van der Waals surface area contributed by atoms with Crippen molar-refractivity contribution in [1.82, 2.24) is 4.90 Å². The van der Waals surface area contributed by atoms with Crippen molar-refractivity contribution in [3.63, 3.8) is 0 Å². The molecule has 0 saturated carbocycles. The number of carbonyl (C=O) groups is 2. The molecule has 0 fully saturated rings. The number of ether oxygens (including phenoxy) is 1. The number of aryl methyl sites for hydroxylation is 1. The van der Waals surface area contributed by atoms with Crippen LogP contribution in [0.5, 0.6) is 5.75 Å². The summed E-state index contributed by atoms with van der Waals surface area (Å²) in [6.07, 6.45) is 2.36. The minimum atomic E-state index is -1.00. The Morgan fingerprint density at radius 3 is 2.41 bits per heavy atom. The Labute approximate surface area is 220 Å². The zero-order valence-electron chi connectivity index (χ0n) is 22.3. The topological polar surface area (TPSA) is 66.8 Å². The van der Waals surface area contributed by atoms with Crippen LogP contribution in [0.1, 0.15) is 60.1 Å². The van der Waals surface area contributed by atoms with Crippen molar-refractivity contribution in [2.75, 3.05) is 13.1 Å². The Kier molecular flexibility index (Phi) is 8.01. The van der Waals surface area contributed by atoms with E-state index in [4.69, 9.17) is 4.74 Å². The molecule has 0 aliphatic carbocycles. The lowest BCUT2D eigenvalue weighted by molar-refractivity contribution is -0.144. The molecule has 0 aromatic heterocycles. The number of amides is 1. The van der Waals surface area contributed by atoms with Crippen LogP contribution in [0.25, 0.3) is 0 Å². The fourth-order valence-electron chi connectivity index (χ4n) is 5.11. The lowest BCUT2D eigenvalue weighted by Gasteiger charge is -2.24. The van der Waals surface area contributed by atoms with E-state index >= 15 is 0 Å². The number of carbonyl (C=O) groups excluding carboxylic acids is 1. The molecule has 3 aromatic carbocycles. The molecule has 0 saturated heterocycles. The summed E-state index contributed by atoms with van der Waals surface area (Å²) in [5.41, 5.74) is 6.44. The molecule has 3 aromatic rings. The highest BCUT2D eigenvalue weighted by Gasteiger charge is 2.35. The number of rotatable bonds is 10. The first-order chi connectivity index (χ1) is 17.6. The third-order valence-electron chi connectivity index (χ3n) is 7.06. The number of carboxylic acids is 1. The number of carboxylic acid groups (broad SMARTS) is 1. The van der Waals surface area contributed by atoms with Gasteiger partial charge in [-0.1, -0.05) is 80.1 Å². The average molecular weight is 500 g/mol. The maximum absolute atomic E-state index is 13.1. The highest BCUT2D eigenvalue weighted by atomic mass is 16.5. The molecule has 37 heavy (non-hydrogen) atoms. The van der Waals surface area contributed by atoms with E-state index in [1.165, 1.54) is 16.0 Å². The molecule has 4 rings (SSSR count). The van der Waals surface area contributed by atoms with Crippen LogP contribution >= 0.6 is 0 Å². The fourth-order valence-corrected chi connectivity index (χ4v) is 5.11.